The predicted molar refractivity (Wildman–Crippen MR) is 91.3 cm³/mol. The van der Waals surface area contributed by atoms with Crippen LogP contribution in [0.15, 0.2) is 40.1 Å². The topological polar surface area (TPSA) is 115 Å². The molecule has 1 fully saturated rings. The first-order chi connectivity index (χ1) is 12.0. The van der Waals surface area contributed by atoms with Gasteiger partial charge in [0.05, 0.1) is 5.56 Å². The maximum atomic E-state index is 12.1. The van der Waals surface area contributed by atoms with Crippen LogP contribution in [0.4, 0.5) is 0 Å². The van der Waals surface area contributed by atoms with E-state index < -0.39 is 11.2 Å². The number of benzene rings is 1. The molecule has 130 valence electrons. The van der Waals surface area contributed by atoms with Crippen molar-refractivity contribution in [1.29, 1.82) is 0 Å². The molecule has 2 aromatic rings. The molecule has 1 aliphatic rings. The molecule has 0 aliphatic carbocycles. The van der Waals surface area contributed by atoms with E-state index in [4.69, 9.17) is 0 Å². The molecule has 3 rings (SSSR count). The molecule has 8 heteroatoms. The Hall–Kier alpha value is -3.16. The molecule has 2 heterocycles. The zero-order valence-corrected chi connectivity index (χ0v) is 13.5. The molecule has 0 spiro atoms. The third kappa shape index (κ3) is 3.85. The number of likely N-dealkylation sites (tertiary alicyclic amines) is 1. The molecule has 0 saturated carbocycles. The molecule has 25 heavy (non-hydrogen) atoms. The van der Waals surface area contributed by atoms with Gasteiger partial charge in [0.15, 0.2) is 0 Å². The Morgan fingerprint density at radius 1 is 1.16 bits per heavy atom. The standard InChI is InChI=1S/C17H18N4O4/c22-14-2-1-8-21(14)9-7-18-15(23)12-5-3-11(4-6-12)13-10-19-17(25)20-16(13)24/h3-6,10H,1-2,7-9H2,(H,18,23)(H2,19,20,24,25). The van der Waals surface area contributed by atoms with Gasteiger partial charge in [0.2, 0.25) is 5.91 Å². The average Bonchev–Trinajstić information content (AvgIpc) is 3.00. The summed E-state index contributed by atoms with van der Waals surface area (Å²) in [5.74, 6) is -0.113. The quantitative estimate of drug-likeness (QED) is 0.714. The lowest BCUT2D eigenvalue weighted by Gasteiger charge is -2.15. The van der Waals surface area contributed by atoms with Crippen molar-refractivity contribution >= 4 is 11.8 Å². The van der Waals surface area contributed by atoms with Gasteiger partial charge in [-0.3, -0.25) is 19.4 Å². The molecule has 1 aromatic heterocycles. The number of aromatic amines is 2. The number of amides is 2. The van der Waals surface area contributed by atoms with E-state index in [2.05, 4.69) is 15.3 Å². The minimum absolute atomic E-state index is 0.129. The third-order valence-electron chi connectivity index (χ3n) is 4.12. The Balaban J connectivity index is 1.61. The van der Waals surface area contributed by atoms with Gasteiger partial charge < -0.3 is 15.2 Å². The van der Waals surface area contributed by atoms with Crippen LogP contribution in [0.5, 0.6) is 0 Å². The molecule has 0 radical (unpaired) electrons. The smallest absolute Gasteiger partial charge is 0.325 e. The highest BCUT2D eigenvalue weighted by atomic mass is 16.2. The molecule has 0 unspecified atom stereocenters. The van der Waals surface area contributed by atoms with E-state index in [1.165, 1.54) is 6.20 Å². The number of hydrogen-bond donors (Lipinski definition) is 3. The summed E-state index contributed by atoms with van der Waals surface area (Å²) in [5.41, 5.74) is 0.311. The Kier molecular flexibility index (Phi) is 4.78. The maximum absolute atomic E-state index is 12.1. The second-order valence-corrected chi connectivity index (χ2v) is 5.80. The number of aromatic nitrogens is 2. The van der Waals surface area contributed by atoms with E-state index in [0.29, 0.717) is 36.2 Å². The van der Waals surface area contributed by atoms with Gasteiger partial charge in [-0.25, -0.2) is 4.79 Å². The van der Waals surface area contributed by atoms with Crippen LogP contribution in [0.3, 0.4) is 0 Å². The first-order valence-electron chi connectivity index (χ1n) is 8.03. The van der Waals surface area contributed by atoms with Crippen molar-refractivity contribution in [1.82, 2.24) is 20.2 Å². The minimum atomic E-state index is -0.568. The fourth-order valence-electron chi connectivity index (χ4n) is 2.77. The first kappa shape index (κ1) is 16.7. The van der Waals surface area contributed by atoms with E-state index in [1.807, 2.05) is 0 Å². The monoisotopic (exact) mass is 342 g/mol. The zero-order chi connectivity index (χ0) is 17.8. The zero-order valence-electron chi connectivity index (χ0n) is 13.5. The van der Waals surface area contributed by atoms with Crippen molar-refractivity contribution < 1.29 is 9.59 Å². The van der Waals surface area contributed by atoms with Gasteiger partial charge in [0, 0.05) is 37.8 Å². The molecule has 1 saturated heterocycles. The van der Waals surface area contributed by atoms with Crippen molar-refractivity contribution in [2.24, 2.45) is 0 Å². The second kappa shape index (κ2) is 7.16. The van der Waals surface area contributed by atoms with Crippen molar-refractivity contribution in [2.45, 2.75) is 12.8 Å². The summed E-state index contributed by atoms with van der Waals surface area (Å²) >= 11 is 0. The summed E-state index contributed by atoms with van der Waals surface area (Å²) in [4.78, 5) is 52.8. The maximum Gasteiger partial charge on any atom is 0.325 e. The van der Waals surface area contributed by atoms with Crippen molar-refractivity contribution in [3.63, 3.8) is 0 Å². The SMILES string of the molecule is O=C(NCCN1CCCC1=O)c1ccc(-c2c[nH]c(=O)[nH]c2=O)cc1. The molecular formula is C17H18N4O4. The molecule has 3 N–H and O–H groups in total. The fraction of sp³-hybridized carbons (Fsp3) is 0.294. The Morgan fingerprint density at radius 2 is 1.92 bits per heavy atom. The van der Waals surface area contributed by atoms with Crippen LogP contribution in [0.1, 0.15) is 23.2 Å². The number of carbonyl (C=O) groups excluding carboxylic acids is 2. The van der Waals surface area contributed by atoms with Crippen LogP contribution in [0.2, 0.25) is 0 Å². The normalized spacial score (nSPS) is 13.9. The highest BCUT2D eigenvalue weighted by Crippen LogP contribution is 2.14. The number of H-pyrrole nitrogens is 2. The van der Waals surface area contributed by atoms with Gasteiger partial charge >= 0.3 is 5.69 Å². The number of hydrogen-bond acceptors (Lipinski definition) is 4. The minimum Gasteiger partial charge on any atom is -0.350 e. The summed E-state index contributed by atoms with van der Waals surface area (Å²) < 4.78 is 0. The lowest BCUT2D eigenvalue weighted by molar-refractivity contribution is -0.127. The summed E-state index contributed by atoms with van der Waals surface area (Å²) in [5, 5.41) is 2.78. The lowest BCUT2D eigenvalue weighted by atomic mass is 10.1. The molecule has 8 nitrogen and oxygen atoms in total. The molecular weight excluding hydrogens is 324 g/mol. The predicted octanol–water partition coefficient (Wildman–Crippen LogP) is 0.0824. The Labute approximate surface area is 142 Å². The average molecular weight is 342 g/mol. The summed E-state index contributed by atoms with van der Waals surface area (Å²) in [6.45, 7) is 1.65. The van der Waals surface area contributed by atoms with E-state index in [1.54, 1.807) is 29.2 Å². The molecule has 1 aliphatic heterocycles. The number of nitrogens with one attached hydrogen (secondary N) is 3. The van der Waals surface area contributed by atoms with Gasteiger partial charge in [-0.1, -0.05) is 12.1 Å². The largest absolute Gasteiger partial charge is 0.350 e. The molecule has 0 atom stereocenters. The first-order valence-corrected chi connectivity index (χ1v) is 8.03. The van der Waals surface area contributed by atoms with Gasteiger partial charge in [-0.2, -0.15) is 0 Å². The molecule has 1 aromatic carbocycles. The van der Waals surface area contributed by atoms with Gasteiger partial charge in [0.1, 0.15) is 0 Å². The highest BCUT2D eigenvalue weighted by molar-refractivity contribution is 5.94. The van der Waals surface area contributed by atoms with E-state index in [0.717, 1.165) is 13.0 Å². The number of nitrogens with zero attached hydrogens (tertiary/aromatic N) is 1. The number of carbonyl (C=O) groups is 2. The number of rotatable bonds is 5. The fourth-order valence-corrected chi connectivity index (χ4v) is 2.77. The van der Waals surface area contributed by atoms with Crippen molar-refractivity contribution in [2.75, 3.05) is 19.6 Å². The van der Waals surface area contributed by atoms with Crippen LogP contribution in [0, 0.1) is 0 Å². The molecule has 2 amide bonds. The molecule has 0 bridgehead atoms. The van der Waals surface area contributed by atoms with E-state index in [-0.39, 0.29) is 11.8 Å². The van der Waals surface area contributed by atoms with Gasteiger partial charge in [0.25, 0.3) is 11.5 Å². The third-order valence-corrected chi connectivity index (χ3v) is 4.12. The second-order valence-electron chi connectivity index (χ2n) is 5.80. The van der Waals surface area contributed by atoms with E-state index in [9.17, 15) is 19.2 Å². The highest BCUT2D eigenvalue weighted by Gasteiger charge is 2.19. The van der Waals surface area contributed by atoms with Crippen molar-refractivity contribution in [3.8, 4) is 11.1 Å². The summed E-state index contributed by atoms with van der Waals surface area (Å²) in [7, 11) is 0. The van der Waals surface area contributed by atoms with Crippen LogP contribution in [-0.4, -0.2) is 46.3 Å². The van der Waals surface area contributed by atoms with Crippen LogP contribution in [-0.2, 0) is 4.79 Å². The summed E-state index contributed by atoms with van der Waals surface area (Å²) in [6, 6.07) is 6.50. The lowest BCUT2D eigenvalue weighted by Crippen LogP contribution is -2.35. The van der Waals surface area contributed by atoms with Gasteiger partial charge in [-0.15, -0.1) is 0 Å². The van der Waals surface area contributed by atoms with Gasteiger partial charge in [-0.05, 0) is 24.1 Å². The summed E-state index contributed by atoms with van der Waals surface area (Å²) in [6.07, 6.45) is 2.79. The van der Waals surface area contributed by atoms with Crippen LogP contribution < -0.4 is 16.6 Å². The Morgan fingerprint density at radius 3 is 2.56 bits per heavy atom. The van der Waals surface area contributed by atoms with E-state index >= 15 is 0 Å². The van der Waals surface area contributed by atoms with Crippen LogP contribution in [0.25, 0.3) is 11.1 Å². The van der Waals surface area contributed by atoms with Crippen LogP contribution >= 0.6 is 0 Å². The Bertz CT molecular complexity index is 898. The van der Waals surface area contributed by atoms with Crippen molar-refractivity contribution in [3.05, 3.63) is 56.9 Å².